The molecule has 0 unspecified atom stereocenters. The highest BCUT2D eigenvalue weighted by Crippen LogP contribution is 2.27. The van der Waals surface area contributed by atoms with Crippen LogP contribution >= 0.6 is 23.2 Å². The molecule has 0 radical (unpaired) electrons. The van der Waals surface area contributed by atoms with E-state index in [1.165, 1.54) is 0 Å². The average Bonchev–Trinajstić information content (AvgIpc) is 2.61. The maximum atomic E-state index is 12.7. The van der Waals surface area contributed by atoms with Gasteiger partial charge >= 0.3 is 0 Å². The fourth-order valence-electron chi connectivity index (χ4n) is 2.84. The van der Waals surface area contributed by atoms with Gasteiger partial charge in [0.15, 0.2) is 0 Å². The molecule has 1 heterocycles. The summed E-state index contributed by atoms with van der Waals surface area (Å²) in [6, 6.07) is 13.0. The molecule has 6 heteroatoms. The summed E-state index contributed by atoms with van der Waals surface area (Å²) in [5.74, 6) is 0.713. The number of methoxy groups -OCH3 is 1. The molecule has 1 amide bonds. The molecule has 24 heavy (non-hydrogen) atoms. The number of amides is 1. The lowest BCUT2D eigenvalue weighted by atomic mass is 10.1. The van der Waals surface area contributed by atoms with Gasteiger partial charge in [-0.1, -0.05) is 35.3 Å². The van der Waals surface area contributed by atoms with E-state index in [-0.39, 0.29) is 5.91 Å². The Labute approximate surface area is 151 Å². The lowest BCUT2D eigenvalue weighted by Crippen LogP contribution is -2.48. The van der Waals surface area contributed by atoms with Gasteiger partial charge in [-0.15, -0.1) is 0 Å². The second-order valence-corrected chi connectivity index (χ2v) is 6.39. The van der Waals surface area contributed by atoms with E-state index in [2.05, 4.69) is 4.90 Å². The van der Waals surface area contributed by atoms with Crippen LogP contribution in [0.4, 0.5) is 5.69 Å². The summed E-state index contributed by atoms with van der Waals surface area (Å²) in [6.45, 7) is 2.75. The van der Waals surface area contributed by atoms with Gasteiger partial charge in [0, 0.05) is 37.9 Å². The molecular formula is C18H18Cl2N2O2. The molecule has 0 saturated carbocycles. The molecule has 1 fully saturated rings. The molecule has 1 saturated heterocycles. The zero-order valence-corrected chi connectivity index (χ0v) is 14.8. The van der Waals surface area contributed by atoms with E-state index in [1.807, 2.05) is 24.3 Å². The third-order valence-corrected chi connectivity index (χ3v) is 4.79. The van der Waals surface area contributed by atoms with Crippen LogP contribution in [0, 0.1) is 0 Å². The predicted octanol–water partition coefficient (Wildman–Crippen LogP) is 3.96. The molecule has 126 valence electrons. The van der Waals surface area contributed by atoms with Crippen molar-refractivity contribution in [2.24, 2.45) is 0 Å². The molecular weight excluding hydrogens is 347 g/mol. The lowest BCUT2D eigenvalue weighted by Gasteiger charge is -2.36. The lowest BCUT2D eigenvalue weighted by molar-refractivity contribution is 0.0747. The number of carbonyl (C=O) groups excluding carboxylic acids is 1. The van der Waals surface area contributed by atoms with E-state index >= 15 is 0 Å². The van der Waals surface area contributed by atoms with Crippen LogP contribution in [0.3, 0.4) is 0 Å². The third-order valence-electron chi connectivity index (χ3n) is 4.16. The molecule has 0 spiro atoms. The zero-order chi connectivity index (χ0) is 17.1. The second-order valence-electron chi connectivity index (χ2n) is 5.58. The van der Waals surface area contributed by atoms with E-state index in [1.54, 1.807) is 30.2 Å². The SMILES string of the molecule is COc1cccc(N2CCN(C(=O)c3c(Cl)cccc3Cl)CC2)c1. The van der Waals surface area contributed by atoms with Crippen molar-refractivity contribution in [2.45, 2.75) is 0 Å². The number of carbonyl (C=O) groups is 1. The van der Waals surface area contributed by atoms with Crippen LogP contribution < -0.4 is 9.64 Å². The standard InChI is InChI=1S/C18H18Cl2N2O2/c1-24-14-5-2-4-13(12-14)21-8-10-22(11-9-21)18(23)17-15(19)6-3-7-16(17)20/h2-7,12H,8-11H2,1H3. The van der Waals surface area contributed by atoms with Crippen molar-refractivity contribution in [1.29, 1.82) is 0 Å². The predicted molar refractivity (Wildman–Crippen MR) is 97.6 cm³/mol. The Balaban J connectivity index is 1.69. The van der Waals surface area contributed by atoms with Gasteiger partial charge in [-0.2, -0.15) is 0 Å². The minimum atomic E-state index is -0.115. The largest absolute Gasteiger partial charge is 0.497 e. The molecule has 1 aliphatic heterocycles. The summed E-state index contributed by atoms with van der Waals surface area (Å²) in [5, 5.41) is 0.783. The number of halogens is 2. The molecule has 0 atom stereocenters. The van der Waals surface area contributed by atoms with Gasteiger partial charge in [-0.3, -0.25) is 4.79 Å². The summed E-state index contributed by atoms with van der Waals surface area (Å²) in [7, 11) is 1.66. The zero-order valence-electron chi connectivity index (χ0n) is 13.3. The van der Waals surface area contributed by atoms with Crippen molar-refractivity contribution in [3.8, 4) is 5.75 Å². The van der Waals surface area contributed by atoms with E-state index < -0.39 is 0 Å². The van der Waals surface area contributed by atoms with Gasteiger partial charge in [-0.05, 0) is 24.3 Å². The van der Waals surface area contributed by atoms with Crippen molar-refractivity contribution < 1.29 is 9.53 Å². The smallest absolute Gasteiger partial charge is 0.257 e. The Kier molecular flexibility index (Phi) is 5.17. The number of benzene rings is 2. The number of nitrogens with zero attached hydrogens (tertiary/aromatic N) is 2. The Morgan fingerprint density at radius 3 is 2.25 bits per heavy atom. The minimum absolute atomic E-state index is 0.115. The Morgan fingerprint density at radius 2 is 1.62 bits per heavy atom. The molecule has 2 aromatic carbocycles. The summed E-state index contributed by atoms with van der Waals surface area (Å²) in [4.78, 5) is 16.7. The fourth-order valence-corrected chi connectivity index (χ4v) is 3.39. The molecule has 1 aliphatic rings. The fraction of sp³-hybridized carbons (Fsp3) is 0.278. The van der Waals surface area contributed by atoms with E-state index in [4.69, 9.17) is 27.9 Å². The number of hydrogen-bond donors (Lipinski definition) is 0. The molecule has 4 nitrogen and oxygen atoms in total. The van der Waals surface area contributed by atoms with Crippen LogP contribution in [0.25, 0.3) is 0 Å². The van der Waals surface area contributed by atoms with Gasteiger partial charge in [0.25, 0.3) is 5.91 Å². The van der Waals surface area contributed by atoms with Crippen molar-refractivity contribution in [2.75, 3.05) is 38.2 Å². The average molecular weight is 365 g/mol. The van der Waals surface area contributed by atoms with Crippen molar-refractivity contribution in [3.63, 3.8) is 0 Å². The first-order chi connectivity index (χ1) is 11.6. The first-order valence-electron chi connectivity index (χ1n) is 7.72. The highest BCUT2D eigenvalue weighted by Gasteiger charge is 2.25. The van der Waals surface area contributed by atoms with Crippen molar-refractivity contribution >= 4 is 34.8 Å². The van der Waals surface area contributed by atoms with Crippen LogP contribution in [-0.2, 0) is 0 Å². The van der Waals surface area contributed by atoms with Gasteiger partial charge in [0.1, 0.15) is 5.75 Å². The number of hydrogen-bond acceptors (Lipinski definition) is 3. The highest BCUT2D eigenvalue weighted by molar-refractivity contribution is 6.39. The summed E-state index contributed by atoms with van der Waals surface area (Å²) in [5.41, 5.74) is 1.48. The maximum Gasteiger partial charge on any atom is 0.257 e. The monoisotopic (exact) mass is 364 g/mol. The van der Waals surface area contributed by atoms with Crippen LogP contribution in [0.15, 0.2) is 42.5 Å². The molecule has 0 N–H and O–H groups in total. The first kappa shape index (κ1) is 16.9. The Morgan fingerprint density at radius 1 is 1.00 bits per heavy atom. The first-order valence-corrected chi connectivity index (χ1v) is 8.48. The van der Waals surface area contributed by atoms with Gasteiger partial charge in [0.05, 0.1) is 22.7 Å². The number of rotatable bonds is 3. The van der Waals surface area contributed by atoms with Crippen LogP contribution in [0.1, 0.15) is 10.4 Å². The molecule has 2 aromatic rings. The molecule has 0 aromatic heterocycles. The summed E-state index contributed by atoms with van der Waals surface area (Å²) < 4.78 is 5.27. The van der Waals surface area contributed by atoms with Gasteiger partial charge in [0.2, 0.25) is 0 Å². The van der Waals surface area contributed by atoms with E-state index in [0.29, 0.717) is 28.7 Å². The maximum absolute atomic E-state index is 12.7. The summed E-state index contributed by atoms with van der Waals surface area (Å²) in [6.07, 6.45) is 0. The van der Waals surface area contributed by atoms with Crippen LogP contribution in [0.5, 0.6) is 5.75 Å². The number of anilines is 1. The highest BCUT2D eigenvalue weighted by atomic mass is 35.5. The third kappa shape index (κ3) is 3.45. The normalized spacial score (nSPS) is 14.6. The Hall–Kier alpha value is -1.91. The van der Waals surface area contributed by atoms with Crippen molar-refractivity contribution in [3.05, 3.63) is 58.1 Å². The summed E-state index contributed by atoms with van der Waals surface area (Å²) >= 11 is 12.3. The number of ether oxygens (including phenoxy) is 1. The molecule has 3 rings (SSSR count). The Bertz CT molecular complexity index is 723. The minimum Gasteiger partial charge on any atom is -0.497 e. The van der Waals surface area contributed by atoms with Crippen molar-refractivity contribution in [1.82, 2.24) is 4.90 Å². The van der Waals surface area contributed by atoms with Gasteiger partial charge < -0.3 is 14.5 Å². The van der Waals surface area contributed by atoms with Crippen LogP contribution in [0.2, 0.25) is 10.0 Å². The van der Waals surface area contributed by atoms with E-state index in [9.17, 15) is 4.79 Å². The molecule has 0 aliphatic carbocycles. The van der Waals surface area contributed by atoms with E-state index in [0.717, 1.165) is 24.5 Å². The van der Waals surface area contributed by atoms with Crippen LogP contribution in [-0.4, -0.2) is 44.1 Å². The quantitative estimate of drug-likeness (QED) is 0.825. The van der Waals surface area contributed by atoms with Gasteiger partial charge in [-0.25, -0.2) is 0 Å². The molecule has 0 bridgehead atoms. The number of piperazine rings is 1. The topological polar surface area (TPSA) is 32.8 Å². The second kappa shape index (κ2) is 7.32.